The van der Waals surface area contributed by atoms with Crippen molar-refractivity contribution in [2.75, 3.05) is 31.7 Å². The molecule has 0 bridgehead atoms. The van der Waals surface area contributed by atoms with Crippen molar-refractivity contribution in [2.24, 2.45) is 0 Å². The normalized spacial score (nSPS) is 23.2. The highest BCUT2D eigenvalue weighted by Crippen LogP contribution is 2.34. The van der Waals surface area contributed by atoms with Gasteiger partial charge in [0, 0.05) is 37.8 Å². The predicted molar refractivity (Wildman–Crippen MR) is 83.4 cm³/mol. The summed E-state index contributed by atoms with van der Waals surface area (Å²) in [6, 6.07) is 5.42. The van der Waals surface area contributed by atoms with Crippen molar-refractivity contribution in [3.05, 3.63) is 18.2 Å². The number of nitrogens with one attached hydrogen (secondary N) is 1. The van der Waals surface area contributed by atoms with Gasteiger partial charge in [-0.2, -0.15) is 0 Å². The predicted octanol–water partition coefficient (Wildman–Crippen LogP) is -1.03. The van der Waals surface area contributed by atoms with Gasteiger partial charge in [-0.25, -0.2) is 0 Å². The zero-order chi connectivity index (χ0) is 15.5. The number of morpholine rings is 1. The number of anilines is 1. The second kappa shape index (κ2) is 7.86. The van der Waals surface area contributed by atoms with Gasteiger partial charge in [0.05, 0.1) is 12.2 Å². The van der Waals surface area contributed by atoms with Crippen LogP contribution in [0.3, 0.4) is 0 Å². The molecule has 0 aromatic heterocycles. The number of carbonyl (C=O) groups is 1. The topological polar surface area (TPSA) is 60.0 Å². The molecule has 3 rings (SSSR count). The fourth-order valence-corrected chi connectivity index (χ4v) is 2.92. The van der Waals surface area contributed by atoms with Gasteiger partial charge in [-0.05, 0) is 26.0 Å². The molecule has 0 radical (unpaired) electrons. The van der Waals surface area contributed by atoms with Crippen LogP contribution in [-0.2, 0) is 9.53 Å². The Bertz CT molecular complexity index is 551. The Morgan fingerprint density at radius 3 is 2.70 bits per heavy atom. The largest absolute Gasteiger partial charge is 1.00 e. The highest BCUT2D eigenvalue weighted by atomic mass is 35.5. The molecule has 1 N–H and O–H groups in total. The summed E-state index contributed by atoms with van der Waals surface area (Å²) in [5.41, 5.74) is 0.734. The summed E-state index contributed by atoms with van der Waals surface area (Å²) in [5.74, 6) is 1.40. The smallest absolute Gasteiger partial charge is 1.00 e. The lowest BCUT2D eigenvalue weighted by Crippen LogP contribution is -3.00. The van der Waals surface area contributed by atoms with Crippen LogP contribution in [0.1, 0.15) is 21.7 Å². The van der Waals surface area contributed by atoms with Gasteiger partial charge >= 0.3 is 1.43 Å². The maximum absolute atomic E-state index is 12.1. The van der Waals surface area contributed by atoms with Crippen molar-refractivity contribution in [3.63, 3.8) is 0 Å². The first kappa shape index (κ1) is 17.8. The minimum absolute atomic E-state index is 0. The van der Waals surface area contributed by atoms with Crippen LogP contribution in [-0.4, -0.2) is 49.4 Å². The van der Waals surface area contributed by atoms with Crippen LogP contribution >= 0.6 is 0 Å². The maximum Gasteiger partial charge on any atom is 1.00 e. The molecule has 2 atom stereocenters. The van der Waals surface area contributed by atoms with Crippen molar-refractivity contribution in [1.82, 2.24) is 4.90 Å². The molecule has 0 spiro atoms. The third kappa shape index (κ3) is 4.73. The molecule has 1 aromatic carbocycles. The van der Waals surface area contributed by atoms with E-state index in [2.05, 4.69) is 24.1 Å². The Balaban J connectivity index is 0.00000144. The molecular formula is C16H23ClN2O4. The van der Waals surface area contributed by atoms with Crippen molar-refractivity contribution in [1.29, 1.82) is 0 Å². The molecule has 7 heteroatoms. The number of hydrogen-bond acceptors (Lipinski definition) is 5. The monoisotopic (exact) mass is 342 g/mol. The SMILES string of the molecule is CC1CN(CCC(=O)Nc2ccc3c(c2)OCO3)CC(C)O1.[Cl-].[H+]. The standard InChI is InChI=1S/C16H22N2O4.ClH/c1-11-8-18(9-12(2)22-11)6-5-16(19)17-13-3-4-14-15(7-13)21-10-20-14;/h3-4,7,11-12H,5-6,8-10H2,1-2H3,(H,17,19);1H. The van der Waals surface area contributed by atoms with E-state index in [0.717, 1.165) is 25.3 Å². The van der Waals surface area contributed by atoms with Gasteiger partial charge in [0.25, 0.3) is 0 Å². The zero-order valence-electron chi connectivity index (χ0n) is 14.4. The third-order valence-corrected chi connectivity index (χ3v) is 3.81. The number of hydrogen-bond donors (Lipinski definition) is 1. The number of ether oxygens (including phenoxy) is 3. The van der Waals surface area contributed by atoms with Gasteiger partial charge in [-0.3, -0.25) is 9.69 Å². The molecule has 1 aromatic rings. The minimum Gasteiger partial charge on any atom is -1.00 e. The van der Waals surface area contributed by atoms with Crippen molar-refractivity contribution in [3.8, 4) is 11.5 Å². The quantitative estimate of drug-likeness (QED) is 0.758. The summed E-state index contributed by atoms with van der Waals surface area (Å²) in [4.78, 5) is 14.4. The van der Waals surface area contributed by atoms with Gasteiger partial charge in [0.1, 0.15) is 0 Å². The van der Waals surface area contributed by atoms with Gasteiger partial charge in [0.2, 0.25) is 12.7 Å². The first-order valence-electron chi connectivity index (χ1n) is 7.67. The Labute approximate surface area is 144 Å². The molecule has 128 valence electrons. The average molecular weight is 343 g/mol. The van der Waals surface area contributed by atoms with Crippen LogP contribution in [0.25, 0.3) is 0 Å². The van der Waals surface area contributed by atoms with E-state index in [-0.39, 0.29) is 38.7 Å². The summed E-state index contributed by atoms with van der Waals surface area (Å²) in [6.07, 6.45) is 0.912. The van der Waals surface area contributed by atoms with E-state index in [1.54, 1.807) is 6.07 Å². The van der Waals surface area contributed by atoms with Crippen LogP contribution in [0, 0.1) is 0 Å². The van der Waals surface area contributed by atoms with E-state index in [0.29, 0.717) is 17.9 Å². The summed E-state index contributed by atoms with van der Waals surface area (Å²) in [7, 11) is 0. The zero-order valence-corrected chi connectivity index (χ0v) is 14.1. The number of benzene rings is 1. The molecule has 1 amide bonds. The molecular weight excluding hydrogens is 320 g/mol. The highest BCUT2D eigenvalue weighted by Gasteiger charge is 2.22. The molecule has 0 aliphatic carbocycles. The van der Waals surface area contributed by atoms with Crippen LogP contribution in [0.15, 0.2) is 18.2 Å². The second-order valence-electron chi connectivity index (χ2n) is 5.88. The molecule has 2 unspecified atom stereocenters. The first-order valence-corrected chi connectivity index (χ1v) is 7.67. The number of halogens is 1. The van der Waals surface area contributed by atoms with Gasteiger partial charge in [-0.1, -0.05) is 0 Å². The summed E-state index contributed by atoms with van der Waals surface area (Å²) < 4.78 is 16.2. The van der Waals surface area contributed by atoms with Gasteiger partial charge < -0.3 is 31.9 Å². The lowest BCUT2D eigenvalue weighted by Gasteiger charge is -2.35. The molecule has 2 aliphatic rings. The number of rotatable bonds is 4. The Kier molecular flexibility index (Phi) is 6.10. The third-order valence-electron chi connectivity index (χ3n) is 3.81. The van der Waals surface area contributed by atoms with E-state index < -0.39 is 0 Å². The Morgan fingerprint density at radius 1 is 1.26 bits per heavy atom. The molecule has 1 fully saturated rings. The maximum atomic E-state index is 12.1. The average Bonchev–Trinajstić information content (AvgIpc) is 2.92. The lowest BCUT2D eigenvalue weighted by molar-refractivity contribution is -0.117. The number of nitrogens with zero attached hydrogens (tertiary/aromatic N) is 1. The highest BCUT2D eigenvalue weighted by molar-refractivity contribution is 5.91. The first-order chi connectivity index (χ1) is 10.6. The molecule has 23 heavy (non-hydrogen) atoms. The molecule has 2 heterocycles. The Hall–Kier alpha value is -1.50. The number of amides is 1. The second-order valence-corrected chi connectivity index (χ2v) is 5.88. The number of fused-ring (bicyclic) bond motifs is 1. The van der Waals surface area contributed by atoms with Crippen LogP contribution in [0.5, 0.6) is 11.5 Å². The van der Waals surface area contributed by atoms with E-state index in [4.69, 9.17) is 14.2 Å². The van der Waals surface area contributed by atoms with Gasteiger partial charge in [0.15, 0.2) is 11.5 Å². The fourth-order valence-electron chi connectivity index (χ4n) is 2.92. The van der Waals surface area contributed by atoms with Crippen molar-refractivity contribution in [2.45, 2.75) is 32.5 Å². The summed E-state index contributed by atoms with van der Waals surface area (Å²) >= 11 is 0. The Morgan fingerprint density at radius 2 is 1.96 bits per heavy atom. The number of carbonyl (C=O) groups excluding carboxylic acids is 1. The molecule has 0 saturated carbocycles. The molecule has 1 saturated heterocycles. The van der Waals surface area contributed by atoms with Crippen molar-refractivity contribution < 1.29 is 32.8 Å². The van der Waals surface area contributed by atoms with Crippen molar-refractivity contribution >= 4 is 11.6 Å². The summed E-state index contributed by atoms with van der Waals surface area (Å²) in [6.45, 7) is 6.86. The lowest BCUT2D eigenvalue weighted by atomic mass is 10.2. The fraction of sp³-hybridized carbons (Fsp3) is 0.562. The molecule has 2 aliphatic heterocycles. The van der Waals surface area contributed by atoms with Gasteiger partial charge in [-0.15, -0.1) is 0 Å². The minimum atomic E-state index is 0. The van der Waals surface area contributed by atoms with E-state index in [9.17, 15) is 4.79 Å². The van der Waals surface area contributed by atoms with Crippen LogP contribution in [0.4, 0.5) is 5.69 Å². The van der Waals surface area contributed by atoms with E-state index >= 15 is 0 Å². The van der Waals surface area contributed by atoms with E-state index in [1.807, 2.05) is 12.1 Å². The molecule has 6 nitrogen and oxygen atoms in total. The van der Waals surface area contributed by atoms with Crippen LogP contribution in [0.2, 0.25) is 0 Å². The van der Waals surface area contributed by atoms with Crippen LogP contribution < -0.4 is 27.2 Å². The summed E-state index contributed by atoms with van der Waals surface area (Å²) in [5, 5.41) is 2.90. The van der Waals surface area contributed by atoms with E-state index in [1.165, 1.54) is 0 Å².